The Bertz CT molecular complexity index is 695. The van der Waals surface area contributed by atoms with Gasteiger partial charge in [-0.15, -0.1) is 0 Å². The topological polar surface area (TPSA) is 96.6 Å². The molecule has 1 aromatic carbocycles. The number of sulfone groups is 1. The quantitative estimate of drug-likeness (QED) is 0.800. The molecule has 22 heavy (non-hydrogen) atoms. The van der Waals surface area contributed by atoms with E-state index in [1.165, 1.54) is 24.7 Å². The molecule has 0 saturated carbocycles. The molecule has 1 aromatic heterocycles. The summed E-state index contributed by atoms with van der Waals surface area (Å²) in [6, 6.07) is 9.58. The number of aliphatic hydroxyl groups excluding tert-OH is 1. The molecule has 2 aromatic rings. The summed E-state index contributed by atoms with van der Waals surface area (Å²) in [6.07, 6.45) is 1.77. The van der Waals surface area contributed by atoms with Crippen LogP contribution in [0.3, 0.4) is 0 Å². The molecule has 0 aliphatic heterocycles. The van der Waals surface area contributed by atoms with Gasteiger partial charge in [-0.1, -0.05) is 18.2 Å². The zero-order valence-electron chi connectivity index (χ0n) is 11.8. The molecule has 0 unspecified atom stereocenters. The Morgan fingerprint density at radius 2 is 1.95 bits per heavy atom. The fraction of sp³-hybridized carbons (Fsp3) is 0.267. The summed E-state index contributed by atoms with van der Waals surface area (Å²) in [6.45, 7) is 0.00372. The fourth-order valence-electron chi connectivity index (χ4n) is 1.85. The predicted molar refractivity (Wildman–Crippen MR) is 79.8 cm³/mol. The van der Waals surface area contributed by atoms with Gasteiger partial charge in [0.15, 0.2) is 9.84 Å². The summed E-state index contributed by atoms with van der Waals surface area (Å²) in [5.74, 6) is -0.702. The third-order valence-electron chi connectivity index (χ3n) is 3.12. The van der Waals surface area contributed by atoms with Crippen molar-refractivity contribution in [3.63, 3.8) is 0 Å². The van der Waals surface area contributed by atoms with E-state index in [4.69, 9.17) is 4.42 Å². The van der Waals surface area contributed by atoms with E-state index in [-0.39, 0.29) is 23.6 Å². The van der Waals surface area contributed by atoms with Crippen LogP contribution in [-0.4, -0.2) is 31.7 Å². The molecule has 2 N–H and O–H groups in total. The highest BCUT2D eigenvalue weighted by Gasteiger charge is 2.17. The molecule has 1 heterocycles. The van der Waals surface area contributed by atoms with Crippen LogP contribution in [0.2, 0.25) is 0 Å². The maximum atomic E-state index is 12.0. The maximum Gasteiger partial charge on any atom is 0.221 e. The van der Waals surface area contributed by atoms with Gasteiger partial charge in [-0.2, -0.15) is 0 Å². The SMILES string of the molecule is O=C(CCS(=O)(=O)c1ccccc1)NC[C@@H](O)c1ccoc1. The Morgan fingerprint density at radius 3 is 2.59 bits per heavy atom. The van der Waals surface area contributed by atoms with Crippen molar-refractivity contribution in [2.75, 3.05) is 12.3 Å². The van der Waals surface area contributed by atoms with Crippen LogP contribution < -0.4 is 5.32 Å². The molecule has 0 aliphatic rings. The molecule has 118 valence electrons. The number of carbonyl (C=O) groups excluding carboxylic acids is 1. The van der Waals surface area contributed by atoms with Gasteiger partial charge in [-0.25, -0.2) is 8.42 Å². The van der Waals surface area contributed by atoms with E-state index in [1.54, 1.807) is 24.3 Å². The van der Waals surface area contributed by atoms with Crippen molar-refractivity contribution in [1.29, 1.82) is 0 Å². The minimum Gasteiger partial charge on any atom is -0.472 e. The van der Waals surface area contributed by atoms with Crippen LogP contribution in [0, 0.1) is 0 Å². The third-order valence-corrected chi connectivity index (χ3v) is 4.85. The minimum atomic E-state index is -3.48. The van der Waals surface area contributed by atoms with Gasteiger partial charge in [0.05, 0.1) is 29.3 Å². The number of rotatable bonds is 7. The van der Waals surface area contributed by atoms with Gasteiger partial charge in [0.1, 0.15) is 0 Å². The van der Waals surface area contributed by atoms with Crippen LogP contribution in [0.15, 0.2) is 58.2 Å². The van der Waals surface area contributed by atoms with Crippen molar-refractivity contribution in [3.8, 4) is 0 Å². The highest BCUT2D eigenvalue weighted by atomic mass is 32.2. The van der Waals surface area contributed by atoms with Gasteiger partial charge in [-0.05, 0) is 18.2 Å². The minimum absolute atomic E-state index is 0.00372. The van der Waals surface area contributed by atoms with E-state index < -0.39 is 21.8 Å². The van der Waals surface area contributed by atoms with Crippen molar-refractivity contribution in [3.05, 3.63) is 54.5 Å². The summed E-state index contributed by atoms with van der Waals surface area (Å²) < 4.78 is 28.9. The molecule has 0 saturated heterocycles. The van der Waals surface area contributed by atoms with Crippen LogP contribution >= 0.6 is 0 Å². The van der Waals surface area contributed by atoms with E-state index in [2.05, 4.69) is 5.32 Å². The zero-order chi connectivity index (χ0) is 16.0. The number of hydrogen-bond acceptors (Lipinski definition) is 5. The first-order valence-corrected chi connectivity index (χ1v) is 8.39. The first-order valence-electron chi connectivity index (χ1n) is 6.74. The molecule has 0 radical (unpaired) electrons. The van der Waals surface area contributed by atoms with Gasteiger partial charge in [0.25, 0.3) is 0 Å². The lowest BCUT2D eigenvalue weighted by Gasteiger charge is -2.10. The normalized spacial score (nSPS) is 12.8. The van der Waals surface area contributed by atoms with Crippen molar-refractivity contribution >= 4 is 15.7 Å². The van der Waals surface area contributed by atoms with Gasteiger partial charge >= 0.3 is 0 Å². The zero-order valence-corrected chi connectivity index (χ0v) is 12.6. The Kier molecular flexibility index (Phi) is 5.35. The first kappa shape index (κ1) is 16.3. The van der Waals surface area contributed by atoms with Crippen molar-refractivity contribution in [2.24, 2.45) is 0 Å². The lowest BCUT2D eigenvalue weighted by molar-refractivity contribution is -0.121. The van der Waals surface area contributed by atoms with Gasteiger partial charge in [-0.3, -0.25) is 4.79 Å². The Morgan fingerprint density at radius 1 is 1.23 bits per heavy atom. The van der Waals surface area contributed by atoms with Crippen LogP contribution in [0.1, 0.15) is 18.1 Å². The van der Waals surface area contributed by atoms with E-state index in [1.807, 2.05) is 0 Å². The first-order chi connectivity index (χ1) is 10.5. The van der Waals surface area contributed by atoms with Gasteiger partial charge in [0, 0.05) is 18.5 Å². The largest absolute Gasteiger partial charge is 0.472 e. The average Bonchev–Trinajstić information content (AvgIpc) is 3.06. The number of nitrogens with one attached hydrogen (secondary N) is 1. The lowest BCUT2D eigenvalue weighted by atomic mass is 10.2. The molecule has 1 amide bonds. The van der Waals surface area contributed by atoms with Gasteiger partial charge < -0.3 is 14.8 Å². The van der Waals surface area contributed by atoms with Crippen molar-refractivity contribution < 1.29 is 22.7 Å². The predicted octanol–water partition coefficient (Wildman–Crippen LogP) is 1.29. The highest BCUT2D eigenvalue weighted by molar-refractivity contribution is 7.91. The summed E-state index contributed by atoms with van der Waals surface area (Å²) in [7, 11) is -3.48. The van der Waals surface area contributed by atoms with E-state index in [0.29, 0.717) is 5.56 Å². The van der Waals surface area contributed by atoms with Crippen molar-refractivity contribution in [2.45, 2.75) is 17.4 Å². The molecular formula is C15H17NO5S. The van der Waals surface area contributed by atoms with Crippen LogP contribution in [0.4, 0.5) is 0 Å². The Labute approximate surface area is 128 Å². The van der Waals surface area contributed by atoms with Gasteiger partial charge in [0.2, 0.25) is 5.91 Å². The average molecular weight is 323 g/mol. The van der Waals surface area contributed by atoms with Crippen LogP contribution in [0.5, 0.6) is 0 Å². The number of furan rings is 1. The highest BCUT2D eigenvalue weighted by Crippen LogP contribution is 2.13. The number of benzene rings is 1. The number of carbonyl (C=O) groups is 1. The fourth-order valence-corrected chi connectivity index (χ4v) is 3.12. The second kappa shape index (κ2) is 7.24. The van der Waals surface area contributed by atoms with E-state index >= 15 is 0 Å². The van der Waals surface area contributed by atoms with Crippen molar-refractivity contribution in [1.82, 2.24) is 5.32 Å². The summed E-state index contributed by atoms with van der Waals surface area (Å²) in [5.41, 5.74) is 0.553. The number of aliphatic hydroxyl groups is 1. The molecule has 1 atom stereocenters. The molecule has 7 heteroatoms. The molecule has 2 rings (SSSR count). The molecule has 0 spiro atoms. The molecule has 0 aliphatic carbocycles. The van der Waals surface area contributed by atoms with E-state index in [0.717, 1.165) is 0 Å². The molecule has 0 fully saturated rings. The summed E-state index contributed by atoms with van der Waals surface area (Å²) in [5, 5.41) is 12.3. The second-order valence-corrected chi connectivity index (χ2v) is 6.87. The maximum absolute atomic E-state index is 12.0. The molecule has 6 nitrogen and oxygen atoms in total. The second-order valence-electron chi connectivity index (χ2n) is 4.76. The third kappa shape index (κ3) is 4.44. The molecule has 0 bridgehead atoms. The standard InChI is InChI=1S/C15H17NO5S/c17-14(12-6-8-21-11-12)10-16-15(18)7-9-22(19,20)13-4-2-1-3-5-13/h1-6,8,11,14,17H,7,9-10H2,(H,16,18)/t14-/m1/s1. The smallest absolute Gasteiger partial charge is 0.221 e. The number of amides is 1. The monoisotopic (exact) mass is 323 g/mol. The molecular weight excluding hydrogens is 306 g/mol. The van der Waals surface area contributed by atoms with Crippen LogP contribution in [0.25, 0.3) is 0 Å². The Hall–Kier alpha value is -2.12. The van der Waals surface area contributed by atoms with Crippen LogP contribution in [-0.2, 0) is 14.6 Å². The summed E-state index contributed by atoms with van der Waals surface area (Å²) in [4.78, 5) is 11.9. The number of hydrogen-bond donors (Lipinski definition) is 2. The Balaban J connectivity index is 1.81. The lowest BCUT2D eigenvalue weighted by Crippen LogP contribution is -2.29. The van der Waals surface area contributed by atoms with E-state index in [9.17, 15) is 18.3 Å². The summed E-state index contributed by atoms with van der Waals surface area (Å²) >= 11 is 0.